The number of nitrogens with one attached hydrogen (secondary N) is 1. The Balaban J connectivity index is 1.92. The monoisotopic (exact) mass is 569 g/mol. The third kappa shape index (κ3) is 5.69. The number of aryl methyl sites for hydroxylation is 1. The Morgan fingerprint density at radius 3 is 2.36 bits per heavy atom. The van der Waals surface area contributed by atoms with Gasteiger partial charge in [-0.25, -0.2) is 9.36 Å². The van der Waals surface area contributed by atoms with E-state index in [-0.39, 0.29) is 56.2 Å². The van der Waals surface area contributed by atoms with Crippen LogP contribution < -0.4 is 21.3 Å². The molecule has 0 aliphatic rings. The molecule has 11 heteroatoms. The highest BCUT2D eigenvalue weighted by molar-refractivity contribution is 6.40. The number of hydrogen-bond acceptors (Lipinski definition) is 6. The first-order valence-corrected chi connectivity index (χ1v) is 12.8. The van der Waals surface area contributed by atoms with Crippen molar-refractivity contribution in [3.8, 4) is 17.2 Å². The largest absolute Gasteiger partial charge is 0.508 e. The normalized spacial score (nSPS) is 11.1. The van der Waals surface area contributed by atoms with Gasteiger partial charge in [-0.2, -0.15) is 0 Å². The number of ether oxygens (including phenoxy) is 1. The van der Waals surface area contributed by atoms with Crippen molar-refractivity contribution in [1.29, 1.82) is 0 Å². The van der Waals surface area contributed by atoms with Crippen LogP contribution in [0.15, 0.2) is 64.2 Å². The average Bonchev–Trinajstić information content (AvgIpc) is 2.87. The number of aromatic nitrogens is 2. The van der Waals surface area contributed by atoms with Gasteiger partial charge in [-0.1, -0.05) is 49.2 Å². The molecule has 0 saturated heterocycles. The van der Waals surface area contributed by atoms with E-state index in [0.29, 0.717) is 11.9 Å². The quantitative estimate of drug-likeness (QED) is 0.230. The van der Waals surface area contributed by atoms with Gasteiger partial charge in [0, 0.05) is 13.5 Å². The van der Waals surface area contributed by atoms with Crippen molar-refractivity contribution in [2.75, 3.05) is 5.32 Å². The molecule has 1 aromatic heterocycles. The Morgan fingerprint density at radius 2 is 1.69 bits per heavy atom. The summed E-state index contributed by atoms with van der Waals surface area (Å²) in [5.74, 6) is -1.46. The molecule has 202 valence electrons. The van der Waals surface area contributed by atoms with Gasteiger partial charge in [0.25, 0.3) is 11.5 Å². The maximum absolute atomic E-state index is 13.5. The molecule has 0 atom stereocenters. The van der Waals surface area contributed by atoms with Crippen LogP contribution in [0.25, 0.3) is 16.6 Å². The molecule has 39 heavy (non-hydrogen) atoms. The smallest absolute Gasteiger partial charge is 0.335 e. The van der Waals surface area contributed by atoms with E-state index in [2.05, 4.69) is 5.32 Å². The molecule has 4 rings (SSSR count). The number of aromatic hydroxyl groups is 1. The molecule has 4 aromatic rings. The second-order valence-electron chi connectivity index (χ2n) is 9.29. The lowest BCUT2D eigenvalue weighted by atomic mass is 10.1. The highest BCUT2D eigenvalue weighted by Crippen LogP contribution is 2.34. The van der Waals surface area contributed by atoms with Gasteiger partial charge in [-0.15, -0.1) is 0 Å². The summed E-state index contributed by atoms with van der Waals surface area (Å²) in [5, 5.41) is 12.9. The Kier molecular flexibility index (Phi) is 8.13. The molecule has 0 aliphatic heterocycles. The number of phenolic OH excluding ortho intramolecular Hbond substituents is 1. The summed E-state index contributed by atoms with van der Waals surface area (Å²) in [6.07, 6.45) is 0.600. The fourth-order valence-electron chi connectivity index (χ4n) is 4.04. The van der Waals surface area contributed by atoms with E-state index >= 15 is 0 Å². The van der Waals surface area contributed by atoms with Crippen molar-refractivity contribution in [1.82, 2.24) is 9.13 Å². The molecule has 9 nitrogen and oxygen atoms in total. The number of carbonyl (C=O) groups excluding carboxylic acids is 2. The van der Waals surface area contributed by atoms with E-state index in [9.17, 15) is 24.3 Å². The number of para-hydroxylation sites is 1. The number of amides is 1. The van der Waals surface area contributed by atoms with Crippen LogP contribution in [0.2, 0.25) is 10.0 Å². The molecule has 0 aliphatic carbocycles. The Hall–Kier alpha value is -4.08. The van der Waals surface area contributed by atoms with Gasteiger partial charge in [0.15, 0.2) is 5.75 Å². The Labute approximate surface area is 233 Å². The summed E-state index contributed by atoms with van der Waals surface area (Å²) in [6, 6.07) is 13.0. The zero-order valence-corrected chi connectivity index (χ0v) is 22.8. The minimum atomic E-state index is -0.749. The molecule has 3 aromatic carbocycles. The van der Waals surface area contributed by atoms with Crippen LogP contribution in [0.5, 0.6) is 11.5 Å². The van der Waals surface area contributed by atoms with Crippen LogP contribution in [-0.4, -0.2) is 26.1 Å². The summed E-state index contributed by atoms with van der Waals surface area (Å²) in [5.41, 5.74) is -1.25. The van der Waals surface area contributed by atoms with Gasteiger partial charge >= 0.3 is 11.7 Å². The fraction of sp³-hybridized carbons (Fsp3) is 0.214. The molecule has 1 heterocycles. The van der Waals surface area contributed by atoms with Gasteiger partial charge < -0.3 is 15.2 Å². The number of carbonyl (C=O) groups is 2. The average molecular weight is 570 g/mol. The van der Waals surface area contributed by atoms with Gasteiger partial charge in [-0.3, -0.25) is 19.0 Å². The Bertz CT molecular complexity index is 1710. The summed E-state index contributed by atoms with van der Waals surface area (Å²) >= 11 is 12.4. The SMILES string of the molecule is CC(C)CCC(=O)Oc1c(NC(=O)c2c(Cl)cccc2Cl)cccc1-n1c(=O)c2cc(O)ccc2n(C)c1=O. The predicted octanol–water partition coefficient (Wildman–Crippen LogP) is 5.30. The van der Waals surface area contributed by atoms with E-state index in [1.54, 1.807) is 6.07 Å². The second-order valence-corrected chi connectivity index (χ2v) is 10.1. The van der Waals surface area contributed by atoms with Crippen molar-refractivity contribution in [3.63, 3.8) is 0 Å². The van der Waals surface area contributed by atoms with Crippen LogP contribution in [0.4, 0.5) is 5.69 Å². The minimum absolute atomic E-state index is 0.00224. The van der Waals surface area contributed by atoms with E-state index in [1.165, 1.54) is 60.1 Å². The third-order valence-corrected chi connectivity index (χ3v) is 6.70. The van der Waals surface area contributed by atoms with Crippen LogP contribution in [0.1, 0.15) is 37.0 Å². The van der Waals surface area contributed by atoms with Crippen LogP contribution >= 0.6 is 23.2 Å². The lowest BCUT2D eigenvalue weighted by molar-refractivity contribution is -0.134. The molecule has 0 radical (unpaired) electrons. The molecule has 0 fully saturated rings. The van der Waals surface area contributed by atoms with Crippen molar-refractivity contribution >= 4 is 51.7 Å². The number of benzene rings is 3. The summed E-state index contributed by atoms with van der Waals surface area (Å²) in [6.45, 7) is 3.90. The number of anilines is 1. The molecular weight excluding hydrogens is 545 g/mol. The van der Waals surface area contributed by atoms with Gasteiger partial charge in [0.2, 0.25) is 0 Å². The molecular formula is C28H25Cl2N3O6. The first-order valence-electron chi connectivity index (χ1n) is 12.0. The van der Waals surface area contributed by atoms with Crippen LogP contribution in [0, 0.1) is 5.92 Å². The first kappa shape index (κ1) is 27.9. The summed E-state index contributed by atoms with van der Waals surface area (Å²) in [7, 11) is 1.47. The van der Waals surface area contributed by atoms with E-state index in [0.717, 1.165) is 4.57 Å². The van der Waals surface area contributed by atoms with Gasteiger partial charge in [0.1, 0.15) is 5.75 Å². The number of halogens is 2. The van der Waals surface area contributed by atoms with E-state index in [1.807, 2.05) is 13.8 Å². The molecule has 0 bridgehead atoms. The van der Waals surface area contributed by atoms with E-state index < -0.39 is 23.1 Å². The third-order valence-electron chi connectivity index (χ3n) is 6.07. The highest BCUT2D eigenvalue weighted by Gasteiger charge is 2.23. The lowest BCUT2D eigenvalue weighted by Crippen LogP contribution is -2.38. The standard InChI is InChI=1S/C28H25Cl2N3O6/c1-15(2)10-13-23(35)39-25-20(31-26(36)24-18(29)6-4-7-19(24)30)8-5-9-22(25)33-27(37)17-14-16(34)11-12-21(17)32(3)28(33)38/h4-9,11-12,14-15,34H,10,13H2,1-3H3,(H,31,36). The zero-order chi connectivity index (χ0) is 28.4. The lowest BCUT2D eigenvalue weighted by Gasteiger charge is -2.18. The maximum Gasteiger partial charge on any atom is 0.335 e. The summed E-state index contributed by atoms with van der Waals surface area (Å²) in [4.78, 5) is 52.9. The summed E-state index contributed by atoms with van der Waals surface area (Å²) < 4.78 is 7.74. The topological polar surface area (TPSA) is 120 Å². The molecule has 0 spiro atoms. The highest BCUT2D eigenvalue weighted by atomic mass is 35.5. The number of hydrogen-bond donors (Lipinski definition) is 2. The number of esters is 1. The number of fused-ring (bicyclic) bond motifs is 1. The Morgan fingerprint density at radius 1 is 1.03 bits per heavy atom. The van der Waals surface area contributed by atoms with Crippen molar-refractivity contribution in [2.45, 2.75) is 26.7 Å². The van der Waals surface area contributed by atoms with Crippen LogP contribution in [0.3, 0.4) is 0 Å². The first-order chi connectivity index (χ1) is 18.5. The van der Waals surface area contributed by atoms with Crippen molar-refractivity contribution < 1.29 is 19.4 Å². The fourth-order valence-corrected chi connectivity index (χ4v) is 4.61. The van der Waals surface area contributed by atoms with Crippen molar-refractivity contribution in [2.24, 2.45) is 13.0 Å². The van der Waals surface area contributed by atoms with E-state index in [4.69, 9.17) is 27.9 Å². The second kappa shape index (κ2) is 11.3. The number of rotatable bonds is 7. The molecule has 1 amide bonds. The number of phenols is 1. The minimum Gasteiger partial charge on any atom is -0.508 e. The van der Waals surface area contributed by atoms with Crippen LogP contribution in [-0.2, 0) is 11.8 Å². The van der Waals surface area contributed by atoms with Crippen molar-refractivity contribution in [3.05, 3.63) is 91.0 Å². The molecule has 2 N–H and O–H groups in total. The maximum atomic E-state index is 13.5. The van der Waals surface area contributed by atoms with Gasteiger partial charge in [-0.05, 0) is 54.8 Å². The predicted molar refractivity (Wildman–Crippen MR) is 151 cm³/mol. The molecule has 0 unspecified atom stereocenters. The van der Waals surface area contributed by atoms with Gasteiger partial charge in [0.05, 0.1) is 37.9 Å². The molecule has 0 saturated carbocycles. The number of nitrogens with zero attached hydrogens (tertiary/aromatic N) is 2. The zero-order valence-electron chi connectivity index (χ0n) is 21.3.